The summed E-state index contributed by atoms with van der Waals surface area (Å²) in [5.41, 5.74) is 0.943. The van der Waals surface area contributed by atoms with E-state index in [0.29, 0.717) is 5.82 Å². The number of fused-ring (bicyclic) bond motifs is 2. The zero-order valence-electron chi connectivity index (χ0n) is 11.6. The van der Waals surface area contributed by atoms with Crippen LogP contribution in [0.1, 0.15) is 12.8 Å². The van der Waals surface area contributed by atoms with Crippen molar-refractivity contribution in [2.24, 2.45) is 18.9 Å². The van der Waals surface area contributed by atoms with Crippen LogP contribution in [-0.2, 0) is 7.05 Å². The van der Waals surface area contributed by atoms with Crippen LogP contribution in [0.4, 0.5) is 0 Å². The van der Waals surface area contributed by atoms with Crippen molar-refractivity contribution in [1.29, 1.82) is 0 Å². The van der Waals surface area contributed by atoms with Crippen molar-refractivity contribution >= 4 is 30.8 Å². The molecule has 2 aromatic heterocycles. The van der Waals surface area contributed by atoms with Crippen molar-refractivity contribution < 1.29 is 0 Å². The Kier molecular flexibility index (Phi) is 3.03. The molecule has 2 unspecified atom stereocenters. The molecule has 0 amide bonds. The summed E-state index contributed by atoms with van der Waals surface area (Å²) in [6, 6.07) is 2.18. The maximum atomic E-state index is 6.04. The Balaban J connectivity index is 1.48. The summed E-state index contributed by atoms with van der Waals surface area (Å²) in [5, 5.41) is 5.35. The van der Waals surface area contributed by atoms with Gasteiger partial charge in [-0.05, 0) is 29.9 Å². The minimum atomic E-state index is 0.436. The molecule has 4 nitrogen and oxygen atoms in total. The van der Waals surface area contributed by atoms with E-state index in [2.05, 4.69) is 20.5 Å². The van der Waals surface area contributed by atoms with Gasteiger partial charge in [-0.1, -0.05) is 18.7 Å². The molecular weight excluding hydrogens is 267 g/mol. The van der Waals surface area contributed by atoms with Crippen LogP contribution in [0.2, 0.25) is 5.82 Å². The fraction of sp³-hybridized carbons (Fsp3) is 0.571. The Bertz CT molecular complexity index is 629. The van der Waals surface area contributed by atoms with Gasteiger partial charge in [0.2, 0.25) is 0 Å². The molecule has 2 aromatic rings. The zero-order valence-corrected chi connectivity index (χ0v) is 12.4. The number of rotatable bonds is 2. The number of pyridine rings is 1. The van der Waals surface area contributed by atoms with Crippen LogP contribution < -0.4 is 0 Å². The van der Waals surface area contributed by atoms with E-state index in [0.717, 1.165) is 36.0 Å². The smallest absolute Gasteiger partial charge is 0.157 e. The van der Waals surface area contributed by atoms with E-state index < -0.39 is 0 Å². The third kappa shape index (κ3) is 2.15. The summed E-state index contributed by atoms with van der Waals surface area (Å²) in [6.07, 6.45) is 6.22. The Hall–Kier alpha value is -1.01. The SMILES string of the molecule is [B]C1CC2CN(Sc3cnc4c(cnn4C)c3)C[C@H]2C1. The largest absolute Gasteiger partial charge is 0.250 e. The highest BCUT2D eigenvalue weighted by Crippen LogP contribution is 2.45. The molecule has 6 heteroatoms. The van der Waals surface area contributed by atoms with Gasteiger partial charge in [-0.25, -0.2) is 9.29 Å². The molecule has 2 radical (unpaired) electrons. The number of hydrogen-bond acceptors (Lipinski definition) is 4. The number of aromatic nitrogens is 3. The Morgan fingerprint density at radius 3 is 2.75 bits per heavy atom. The van der Waals surface area contributed by atoms with E-state index in [1.54, 1.807) is 0 Å². The molecule has 0 bridgehead atoms. The van der Waals surface area contributed by atoms with E-state index in [1.807, 2.05) is 36.1 Å². The molecule has 4 rings (SSSR count). The Morgan fingerprint density at radius 1 is 1.25 bits per heavy atom. The third-order valence-electron chi connectivity index (χ3n) is 4.54. The van der Waals surface area contributed by atoms with Crippen LogP contribution >= 0.6 is 11.9 Å². The minimum absolute atomic E-state index is 0.436. The van der Waals surface area contributed by atoms with E-state index in [1.165, 1.54) is 17.7 Å². The topological polar surface area (TPSA) is 34.0 Å². The van der Waals surface area contributed by atoms with Gasteiger partial charge in [0.15, 0.2) is 5.65 Å². The van der Waals surface area contributed by atoms with Gasteiger partial charge in [0.05, 0.1) is 14.0 Å². The highest BCUT2D eigenvalue weighted by molar-refractivity contribution is 7.97. The van der Waals surface area contributed by atoms with Crippen molar-refractivity contribution in [3.63, 3.8) is 0 Å². The highest BCUT2D eigenvalue weighted by atomic mass is 32.2. The van der Waals surface area contributed by atoms with Crippen LogP contribution in [0.3, 0.4) is 0 Å². The highest BCUT2D eigenvalue weighted by Gasteiger charge is 2.39. The van der Waals surface area contributed by atoms with Crippen LogP contribution in [0.5, 0.6) is 0 Å². The first-order chi connectivity index (χ1) is 9.69. The number of aryl methyl sites for hydroxylation is 1. The molecule has 1 aliphatic carbocycles. The molecule has 102 valence electrons. The normalized spacial score (nSPS) is 30.1. The van der Waals surface area contributed by atoms with Crippen LogP contribution in [0.15, 0.2) is 23.4 Å². The summed E-state index contributed by atoms with van der Waals surface area (Å²) >= 11 is 1.83. The monoisotopic (exact) mass is 284 g/mol. The molecule has 1 aliphatic heterocycles. The van der Waals surface area contributed by atoms with Gasteiger partial charge in [0.25, 0.3) is 0 Å². The molecule has 20 heavy (non-hydrogen) atoms. The standard InChI is InChI=1S/C14H17BN4S/c1-18-14-9(5-17-18)4-13(6-16-14)20-19-7-10-2-12(15)3-11(10)8-19/h4-6,10-12H,2-3,7-8H2,1H3/t10-,11?,12?/m1/s1. The van der Waals surface area contributed by atoms with E-state index in [9.17, 15) is 0 Å². The average Bonchev–Trinajstić information content (AvgIpc) is 3.03. The molecule has 3 heterocycles. The maximum absolute atomic E-state index is 6.04. The Labute approximate surface area is 124 Å². The second kappa shape index (κ2) is 4.77. The van der Waals surface area contributed by atoms with Gasteiger partial charge >= 0.3 is 0 Å². The molecule has 3 atom stereocenters. The van der Waals surface area contributed by atoms with Gasteiger partial charge in [0, 0.05) is 36.6 Å². The first-order valence-corrected chi connectivity index (χ1v) is 7.92. The lowest BCUT2D eigenvalue weighted by Crippen LogP contribution is -2.13. The lowest BCUT2D eigenvalue weighted by atomic mass is 9.85. The lowest BCUT2D eigenvalue weighted by Gasteiger charge is -2.16. The van der Waals surface area contributed by atoms with Gasteiger partial charge in [-0.15, -0.1) is 0 Å². The summed E-state index contributed by atoms with van der Waals surface area (Å²) < 4.78 is 4.28. The minimum Gasteiger partial charge on any atom is -0.250 e. The van der Waals surface area contributed by atoms with Crippen LogP contribution in [-0.4, -0.2) is 40.0 Å². The molecule has 2 fully saturated rings. The van der Waals surface area contributed by atoms with Gasteiger partial charge in [0.1, 0.15) is 0 Å². The molecule has 2 aliphatic rings. The molecule has 0 spiro atoms. The predicted molar refractivity (Wildman–Crippen MR) is 81.7 cm³/mol. The van der Waals surface area contributed by atoms with Gasteiger partial charge in [-0.3, -0.25) is 4.68 Å². The number of hydrogen-bond donors (Lipinski definition) is 0. The van der Waals surface area contributed by atoms with Crippen molar-refractivity contribution in [3.8, 4) is 0 Å². The van der Waals surface area contributed by atoms with Crippen LogP contribution in [0.25, 0.3) is 11.0 Å². The second-order valence-electron chi connectivity index (χ2n) is 6.04. The fourth-order valence-electron chi connectivity index (χ4n) is 3.60. The fourth-order valence-corrected chi connectivity index (χ4v) is 4.71. The predicted octanol–water partition coefficient (Wildman–Crippen LogP) is 2.27. The van der Waals surface area contributed by atoms with Crippen LogP contribution in [0, 0.1) is 11.8 Å². The lowest BCUT2D eigenvalue weighted by molar-refractivity contribution is 0.494. The second-order valence-corrected chi connectivity index (χ2v) is 7.21. The van der Waals surface area contributed by atoms with E-state index >= 15 is 0 Å². The summed E-state index contributed by atoms with van der Waals surface area (Å²) in [4.78, 5) is 5.70. The zero-order chi connectivity index (χ0) is 13.7. The third-order valence-corrected chi connectivity index (χ3v) is 5.53. The van der Waals surface area contributed by atoms with Crippen molar-refractivity contribution in [3.05, 3.63) is 18.5 Å². The van der Waals surface area contributed by atoms with Gasteiger partial charge in [-0.2, -0.15) is 5.10 Å². The molecule has 0 aromatic carbocycles. The summed E-state index contributed by atoms with van der Waals surface area (Å²) in [6.45, 7) is 2.32. The first kappa shape index (κ1) is 12.7. The maximum Gasteiger partial charge on any atom is 0.157 e. The summed E-state index contributed by atoms with van der Waals surface area (Å²) in [5.74, 6) is 2.03. The summed E-state index contributed by atoms with van der Waals surface area (Å²) in [7, 11) is 7.97. The van der Waals surface area contributed by atoms with Crippen molar-refractivity contribution in [2.75, 3.05) is 13.1 Å². The Morgan fingerprint density at radius 2 is 2.00 bits per heavy atom. The quantitative estimate of drug-likeness (QED) is 0.626. The molecule has 0 N–H and O–H groups in total. The van der Waals surface area contributed by atoms with Crippen molar-refractivity contribution in [2.45, 2.75) is 23.6 Å². The van der Waals surface area contributed by atoms with Gasteiger partial charge < -0.3 is 0 Å². The number of nitrogens with zero attached hydrogens (tertiary/aromatic N) is 4. The average molecular weight is 284 g/mol. The molecule has 1 saturated heterocycles. The van der Waals surface area contributed by atoms with E-state index in [4.69, 9.17) is 7.85 Å². The van der Waals surface area contributed by atoms with Crippen molar-refractivity contribution in [1.82, 2.24) is 19.1 Å². The molecular formula is C14H17BN4S. The molecule has 1 saturated carbocycles. The van der Waals surface area contributed by atoms with E-state index in [-0.39, 0.29) is 0 Å². The first-order valence-electron chi connectivity index (χ1n) is 7.15.